The van der Waals surface area contributed by atoms with E-state index >= 15 is 0 Å². The Morgan fingerprint density at radius 3 is 2.50 bits per heavy atom. The number of benzene rings is 1. The molecule has 28 heavy (non-hydrogen) atoms. The van der Waals surface area contributed by atoms with E-state index in [1.807, 2.05) is 20.8 Å². The lowest BCUT2D eigenvalue weighted by molar-refractivity contribution is -0.136. The van der Waals surface area contributed by atoms with E-state index in [2.05, 4.69) is 15.6 Å². The van der Waals surface area contributed by atoms with Crippen molar-refractivity contribution in [2.24, 2.45) is 0 Å². The van der Waals surface area contributed by atoms with Crippen LogP contribution in [0.5, 0.6) is 0 Å². The minimum absolute atomic E-state index is 0.0781. The summed E-state index contributed by atoms with van der Waals surface area (Å²) >= 11 is 0. The van der Waals surface area contributed by atoms with Crippen LogP contribution in [-0.4, -0.2) is 49.6 Å². The summed E-state index contributed by atoms with van der Waals surface area (Å²) in [5.41, 5.74) is 1.33. The van der Waals surface area contributed by atoms with Crippen LogP contribution in [0.2, 0.25) is 0 Å². The molecule has 1 fully saturated rings. The van der Waals surface area contributed by atoms with Gasteiger partial charge in [0, 0.05) is 11.8 Å². The molecule has 0 saturated carbocycles. The van der Waals surface area contributed by atoms with E-state index in [4.69, 9.17) is 0 Å². The number of rotatable bonds is 2. The van der Waals surface area contributed by atoms with E-state index < -0.39 is 29.7 Å². The van der Waals surface area contributed by atoms with Gasteiger partial charge in [-0.2, -0.15) is 0 Å². The van der Waals surface area contributed by atoms with Gasteiger partial charge in [0.25, 0.3) is 11.8 Å². The van der Waals surface area contributed by atoms with Gasteiger partial charge in [-0.05, 0) is 18.6 Å². The molecule has 1 N–H and O–H groups in total. The molecule has 4 amide bonds. The fraction of sp³-hybridized carbons (Fsp3) is 0.368. The van der Waals surface area contributed by atoms with Crippen LogP contribution in [0.25, 0.3) is 5.69 Å². The van der Waals surface area contributed by atoms with Gasteiger partial charge in [0.2, 0.25) is 11.8 Å². The standard InChI is InChI=1S/C19H19N5O4/c1-19(2,3)13-9-23(22-21-13)11-6-4-5-10-15(11)18(28)24(17(10)27)12-7-8-14(25)20-16(12)26/h4-6,9,12H,7-8H2,1-3H3,(H,20,25,26). The Morgan fingerprint density at radius 1 is 1.11 bits per heavy atom. The van der Waals surface area contributed by atoms with Crippen molar-refractivity contribution in [3.63, 3.8) is 0 Å². The monoisotopic (exact) mass is 381 g/mol. The quantitative estimate of drug-likeness (QED) is 0.775. The second kappa shape index (κ2) is 6.08. The molecule has 0 aliphatic carbocycles. The molecule has 1 atom stereocenters. The first-order chi connectivity index (χ1) is 13.2. The van der Waals surface area contributed by atoms with Crippen molar-refractivity contribution in [1.29, 1.82) is 0 Å². The minimum atomic E-state index is -1.00. The highest BCUT2D eigenvalue weighted by molar-refractivity contribution is 6.24. The zero-order chi connectivity index (χ0) is 20.2. The molecule has 2 aliphatic rings. The maximum atomic E-state index is 13.1. The molecule has 1 aromatic heterocycles. The molecule has 4 rings (SSSR count). The first-order valence-electron chi connectivity index (χ1n) is 8.96. The molecular weight excluding hydrogens is 362 g/mol. The largest absolute Gasteiger partial charge is 0.295 e. The van der Waals surface area contributed by atoms with Crippen LogP contribution in [0, 0.1) is 0 Å². The molecular formula is C19H19N5O4. The maximum absolute atomic E-state index is 13.1. The van der Waals surface area contributed by atoms with Gasteiger partial charge in [0.1, 0.15) is 6.04 Å². The summed E-state index contributed by atoms with van der Waals surface area (Å²) in [7, 11) is 0. The number of piperidine rings is 1. The highest BCUT2D eigenvalue weighted by Gasteiger charge is 2.45. The van der Waals surface area contributed by atoms with Crippen LogP contribution in [-0.2, 0) is 15.0 Å². The number of nitrogens with one attached hydrogen (secondary N) is 1. The van der Waals surface area contributed by atoms with Crippen molar-refractivity contribution in [3.8, 4) is 5.69 Å². The van der Waals surface area contributed by atoms with Gasteiger partial charge in [0.15, 0.2) is 0 Å². The average Bonchev–Trinajstić information content (AvgIpc) is 3.21. The molecule has 3 heterocycles. The summed E-state index contributed by atoms with van der Waals surface area (Å²) in [5, 5.41) is 10.5. The molecule has 9 nitrogen and oxygen atoms in total. The highest BCUT2D eigenvalue weighted by Crippen LogP contribution is 2.32. The number of carbonyl (C=O) groups excluding carboxylic acids is 4. The highest BCUT2D eigenvalue weighted by atomic mass is 16.2. The van der Waals surface area contributed by atoms with Gasteiger partial charge < -0.3 is 0 Å². The summed E-state index contributed by atoms with van der Waals surface area (Å²) in [6.45, 7) is 5.99. The number of amides is 4. The lowest BCUT2D eigenvalue weighted by atomic mass is 9.93. The van der Waals surface area contributed by atoms with Crippen LogP contribution in [0.1, 0.15) is 60.0 Å². The predicted octanol–water partition coefficient (Wildman–Crippen LogP) is 0.966. The van der Waals surface area contributed by atoms with E-state index in [9.17, 15) is 19.2 Å². The first kappa shape index (κ1) is 18.0. The van der Waals surface area contributed by atoms with Crippen molar-refractivity contribution in [2.75, 3.05) is 0 Å². The molecule has 2 aromatic rings. The second-order valence-electron chi connectivity index (χ2n) is 7.95. The number of fused-ring (bicyclic) bond motifs is 1. The summed E-state index contributed by atoms with van der Waals surface area (Å²) in [5.74, 6) is -2.16. The van der Waals surface area contributed by atoms with Gasteiger partial charge in [0.05, 0.1) is 28.7 Å². The van der Waals surface area contributed by atoms with E-state index in [1.165, 1.54) is 4.68 Å². The Balaban J connectivity index is 1.75. The van der Waals surface area contributed by atoms with Crippen LogP contribution in [0.15, 0.2) is 24.4 Å². The molecule has 1 unspecified atom stereocenters. The Morgan fingerprint density at radius 2 is 1.86 bits per heavy atom. The third-order valence-corrected chi connectivity index (χ3v) is 4.95. The van der Waals surface area contributed by atoms with Gasteiger partial charge in [-0.15, -0.1) is 5.10 Å². The normalized spacial score (nSPS) is 19.8. The number of carbonyl (C=O) groups is 4. The third kappa shape index (κ3) is 2.70. The van der Waals surface area contributed by atoms with Crippen molar-refractivity contribution in [1.82, 2.24) is 25.2 Å². The number of nitrogens with zero attached hydrogens (tertiary/aromatic N) is 4. The molecule has 0 bridgehead atoms. The fourth-order valence-electron chi connectivity index (χ4n) is 3.41. The smallest absolute Gasteiger partial charge is 0.264 e. The van der Waals surface area contributed by atoms with Crippen LogP contribution < -0.4 is 5.32 Å². The SMILES string of the molecule is CC(C)(C)c1cn(-c2cccc3c2C(=O)N(C2CCC(=O)NC2=O)C3=O)nn1. The number of imide groups is 2. The Hall–Kier alpha value is -3.36. The van der Waals surface area contributed by atoms with Gasteiger partial charge in [-0.3, -0.25) is 29.4 Å². The predicted molar refractivity (Wildman–Crippen MR) is 96.7 cm³/mol. The van der Waals surface area contributed by atoms with Gasteiger partial charge in [-0.1, -0.05) is 32.1 Å². The first-order valence-corrected chi connectivity index (χ1v) is 8.96. The minimum Gasteiger partial charge on any atom is -0.295 e. The third-order valence-electron chi connectivity index (χ3n) is 4.95. The van der Waals surface area contributed by atoms with Crippen LogP contribution in [0.3, 0.4) is 0 Å². The van der Waals surface area contributed by atoms with Gasteiger partial charge in [-0.25, -0.2) is 4.68 Å². The van der Waals surface area contributed by atoms with E-state index in [1.54, 1.807) is 24.4 Å². The van der Waals surface area contributed by atoms with Crippen molar-refractivity contribution < 1.29 is 19.2 Å². The van der Waals surface area contributed by atoms with Crippen molar-refractivity contribution >= 4 is 23.6 Å². The Bertz CT molecular complexity index is 1030. The molecule has 0 radical (unpaired) electrons. The van der Waals surface area contributed by atoms with E-state index in [0.717, 1.165) is 10.6 Å². The summed E-state index contributed by atoms with van der Waals surface area (Å²) in [6.07, 6.45) is 1.92. The number of aromatic nitrogens is 3. The molecule has 0 spiro atoms. The Labute approximate surface area is 160 Å². The fourth-order valence-corrected chi connectivity index (χ4v) is 3.41. The van der Waals surface area contributed by atoms with E-state index in [0.29, 0.717) is 5.69 Å². The lowest BCUT2D eigenvalue weighted by Crippen LogP contribution is -2.54. The topological polar surface area (TPSA) is 114 Å². The van der Waals surface area contributed by atoms with Crippen molar-refractivity contribution in [3.05, 3.63) is 41.2 Å². The van der Waals surface area contributed by atoms with Gasteiger partial charge >= 0.3 is 0 Å². The molecule has 1 aromatic carbocycles. The molecule has 9 heteroatoms. The average molecular weight is 381 g/mol. The number of hydrogen-bond donors (Lipinski definition) is 1. The van der Waals surface area contributed by atoms with Crippen LogP contribution >= 0.6 is 0 Å². The summed E-state index contributed by atoms with van der Waals surface area (Å²) < 4.78 is 1.47. The lowest BCUT2D eigenvalue weighted by Gasteiger charge is -2.27. The number of hydrogen-bond acceptors (Lipinski definition) is 6. The maximum Gasteiger partial charge on any atom is 0.264 e. The zero-order valence-electron chi connectivity index (χ0n) is 15.7. The summed E-state index contributed by atoms with van der Waals surface area (Å²) in [6, 6.07) is 3.89. The molecule has 2 aliphatic heterocycles. The van der Waals surface area contributed by atoms with Crippen LogP contribution in [0.4, 0.5) is 0 Å². The van der Waals surface area contributed by atoms with E-state index in [-0.39, 0.29) is 29.4 Å². The van der Waals surface area contributed by atoms with Crippen molar-refractivity contribution in [2.45, 2.75) is 45.1 Å². The zero-order valence-corrected chi connectivity index (χ0v) is 15.7. The Kier molecular flexibility index (Phi) is 3.91. The molecule has 144 valence electrons. The second-order valence-corrected chi connectivity index (χ2v) is 7.95. The summed E-state index contributed by atoms with van der Waals surface area (Å²) in [4.78, 5) is 50.5. The molecule has 1 saturated heterocycles.